The fraction of sp³-hybridized carbons (Fsp3) is 0.333. The Bertz CT molecular complexity index is 351. The first-order chi connectivity index (χ1) is 6.66. The van der Waals surface area contributed by atoms with Crippen molar-refractivity contribution in [2.75, 3.05) is 0 Å². The van der Waals surface area contributed by atoms with Crippen LogP contribution in [0.25, 0.3) is 5.57 Å². The zero-order valence-electron chi connectivity index (χ0n) is 8.99. The predicted molar refractivity (Wildman–Crippen MR) is 61.9 cm³/mol. The topological polar surface area (TPSA) is 25.2 Å². The molecule has 74 valence electrons. The third-order valence-corrected chi connectivity index (χ3v) is 2.11. The monoisotopic (exact) mass is 188 g/mol. The van der Waals surface area contributed by atoms with E-state index in [0.717, 1.165) is 16.8 Å². The number of nitrogens with zero attached hydrogens (tertiary/aromatic N) is 2. The molecular formula is C12H16N2. The first-order valence-electron chi connectivity index (χ1n) is 4.78. The lowest BCUT2D eigenvalue weighted by Crippen LogP contribution is -1.92. The summed E-state index contributed by atoms with van der Waals surface area (Å²) in [6.45, 7) is 10.2. The lowest BCUT2D eigenvalue weighted by Gasteiger charge is -2.11. The van der Waals surface area contributed by atoms with E-state index in [1.807, 2.05) is 13.0 Å². The van der Waals surface area contributed by atoms with Gasteiger partial charge in [-0.1, -0.05) is 20.4 Å². The fourth-order valence-electron chi connectivity index (χ4n) is 1.21. The van der Waals surface area contributed by atoms with Gasteiger partial charge in [-0.05, 0) is 24.5 Å². The van der Waals surface area contributed by atoms with Gasteiger partial charge in [-0.15, -0.1) is 0 Å². The molecule has 14 heavy (non-hydrogen) atoms. The quantitative estimate of drug-likeness (QED) is 0.667. The molecule has 1 rings (SSSR count). The minimum atomic E-state index is 0.434. The first kappa shape index (κ1) is 10.6. The highest BCUT2D eigenvalue weighted by molar-refractivity contribution is 5.76. The molecule has 0 atom stereocenters. The van der Waals surface area contributed by atoms with E-state index in [9.17, 15) is 0 Å². The highest BCUT2D eigenvalue weighted by atomic mass is 14.8. The summed E-state index contributed by atoms with van der Waals surface area (Å²) in [5.74, 6) is 0.434. The number of aliphatic imine (C=N–C) groups is 1. The van der Waals surface area contributed by atoms with Crippen LogP contribution in [-0.2, 0) is 0 Å². The maximum absolute atomic E-state index is 4.26. The Balaban J connectivity index is 3.13. The van der Waals surface area contributed by atoms with Crippen molar-refractivity contribution in [3.05, 3.63) is 30.6 Å². The van der Waals surface area contributed by atoms with Crippen LogP contribution in [0.5, 0.6) is 0 Å². The lowest BCUT2D eigenvalue weighted by atomic mass is 9.97. The molecule has 0 spiro atoms. The molecular weight excluding hydrogens is 172 g/mol. The average molecular weight is 188 g/mol. The number of hydrogen-bond acceptors (Lipinski definition) is 2. The summed E-state index contributed by atoms with van der Waals surface area (Å²) in [7, 11) is 0. The molecule has 1 heterocycles. The van der Waals surface area contributed by atoms with Gasteiger partial charge in [-0.2, -0.15) is 0 Å². The van der Waals surface area contributed by atoms with Crippen molar-refractivity contribution < 1.29 is 0 Å². The van der Waals surface area contributed by atoms with Gasteiger partial charge in [0.2, 0.25) is 0 Å². The van der Waals surface area contributed by atoms with Crippen molar-refractivity contribution >= 4 is 17.5 Å². The van der Waals surface area contributed by atoms with Crippen molar-refractivity contribution in [3.63, 3.8) is 0 Å². The normalized spacial score (nSPS) is 11.1. The van der Waals surface area contributed by atoms with E-state index in [1.54, 1.807) is 18.6 Å². The van der Waals surface area contributed by atoms with Gasteiger partial charge >= 0.3 is 0 Å². The minimum absolute atomic E-state index is 0.434. The van der Waals surface area contributed by atoms with Crippen LogP contribution < -0.4 is 0 Å². The molecule has 2 nitrogen and oxygen atoms in total. The van der Waals surface area contributed by atoms with Crippen molar-refractivity contribution in [1.82, 2.24) is 4.98 Å². The van der Waals surface area contributed by atoms with Crippen LogP contribution in [-0.4, -0.2) is 11.2 Å². The Labute approximate surface area is 85.4 Å². The Hall–Kier alpha value is -1.44. The van der Waals surface area contributed by atoms with E-state index in [0.29, 0.717) is 5.92 Å². The van der Waals surface area contributed by atoms with Crippen molar-refractivity contribution in [2.45, 2.75) is 20.8 Å². The van der Waals surface area contributed by atoms with Crippen LogP contribution in [0.1, 0.15) is 26.3 Å². The third kappa shape index (κ3) is 2.28. The van der Waals surface area contributed by atoms with E-state index >= 15 is 0 Å². The Kier molecular flexibility index (Phi) is 3.57. The second kappa shape index (κ2) is 4.70. The van der Waals surface area contributed by atoms with Crippen LogP contribution in [0.3, 0.4) is 0 Å². The number of rotatable bonds is 3. The van der Waals surface area contributed by atoms with E-state index in [1.165, 1.54) is 0 Å². The first-order valence-corrected chi connectivity index (χ1v) is 4.78. The van der Waals surface area contributed by atoms with Gasteiger partial charge in [-0.25, -0.2) is 0 Å². The summed E-state index contributed by atoms with van der Waals surface area (Å²) < 4.78 is 0. The van der Waals surface area contributed by atoms with Gasteiger partial charge < -0.3 is 0 Å². The predicted octanol–water partition coefficient (Wildman–Crippen LogP) is 3.47. The number of allylic oxidation sites excluding steroid dienone is 1. The maximum Gasteiger partial charge on any atom is 0.0883 e. The summed E-state index contributed by atoms with van der Waals surface area (Å²) in [6.07, 6.45) is 5.31. The molecule has 0 saturated carbocycles. The molecule has 0 N–H and O–H groups in total. The van der Waals surface area contributed by atoms with Crippen LogP contribution >= 0.6 is 0 Å². The molecule has 0 saturated heterocycles. The SMILES string of the molecule is C=C(c1ccncc1N=CC)C(C)C. The van der Waals surface area contributed by atoms with Gasteiger partial charge in [0, 0.05) is 18.0 Å². The third-order valence-electron chi connectivity index (χ3n) is 2.11. The Morgan fingerprint density at radius 1 is 1.57 bits per heavy atom. The summed E-state index contributed by atoms with van der Waals surface area (Å²) in [6, 6.07) is 1.96. The standard InChI is InChI=1S/C12H16N2/c1-5-14-12-8-13-7-6-11(12)10(4)9(2)3/h5-9H,4H2,1-3H3. The Morgan fingerprint density at radius 2 is 2.29 bits per heavy atom. The minimum Gasteiger partial charge on any atom is -0.262 e. The zero-order valence-corrected chi connectivity index (χ0v) is 8.99. The molecule has 0 aliphatic carbocycles. The largest absolute Gasteiger partial charge is 0.262 e. The van der Waals surface area contributed by atoms with E-state index in [4.69, 9.17) is 0 Å². The van der Waals surface area contributed by atoms with Gasteiger partial charge in [-0.3, -0.25) is 9.98 Å². The highest BCUT2D eigenvalue weighted by Gasteiger charge is 2.07. The lowest BCUT2D eigenvalue weighted by molar-refractivity contribution is 0.857. The van der Waals surface area contributed by atoms with Crippen LogP contribution in [0, 0.1) is 5.92 Å². The number of hydrogen-bond donors (Lipinski definition) is 0. The second-order valence-electron chi connectivity index (χ2n) is 3.46. The summed E-state index contributed by atoms with van der Waals surface area (Å²) in [4.78, 5) is 8.31. The smallest absolute Gasteiger partial charge is 0.0883 e. The van der Waals surface area contributed by atoms with Crippen molar-refractivity contribution in [1.29, 1.82) is 0 Å². The van der Waals surface area contributed by atoms with E-state index in [-0.39, 0.29) is 0 Å². The molecule has 0 unspecified atom stereocenters. The van der Waals surface area contributed by atoms with Crippen LogP contribution in [0.2, 0.25) is 0 Å². The summed E-state index contributed by atoms with van der Waals surface area (Å²) in [5.41, 5.74) is 3.09. The van der Waals surface area contributed by atoms with Gasteiger partial charge in [0.15, 0.2) is 0 Å². The average Bonchev–Trinajstić information content (AvgIpc) is 2.18. The van der Waals surface area contributed by atoms with Crippen LogP contribution in [0.4, 0.5) is 5.69 Å². The number of aromatic nitrogens is 1. The van der Waals surface area contributed by atoms with E-state index in [2.05, 4.69) is 30.4 Å². The number of pyridine rings is 1. The van der Waals surface area contributed by atoms with Crippen molar-refractivity contribution in [3.8, 4) is 0 Å². The fourth-order valence-corrected chi connectivity index (χ4v) is 1.21. The summed E-state index contributed by atoms with van der Waals surface area (Å²) >= 11 is 0. The summed E-state index contributed by atoms with van der Waals surface area (Å²) in [5, 5.41) is 0. The van der Waals surface area contributed by atoms with Crippen molar-refractivity contribution in [2.24, 2.45) is 10.9 Å². The maximum atomic E-state index is 4.26. The second-order valence-corrected chi connectivity index (χ2v) is 3.46. The van der Waals surface area contributed by atoms with Crippen LogP contribution in [0.15, 0.2) is 30.0 Å². The molecule has 1 aromatic heterocycles. The van der Waals surface area contributed by atoms with Gasteiger partial charge in [0.1, 0.15) is 0 Å². The molecule has 0 fully saturated rings. The molecule has 0 bridgehead atoms. The van der Waals surface area contributed by atoms with Gasteiger partial charge in [0.25, 0.3) is 0 Å². The van der Waals surface area contributed by atoms with E-state index < -0.39 is 0 Å². The molecule has 0 radical (unpaired) electrons. The Morgan fingerprint density at radius 3 is 2.86 bits per heavy atom. The molecule has 0 aliphatic heterocycles. The van der Waals surface area contributed by atoms with Gasteiger partial charge in [0.05, 0.1) is 11.9 Å². The highest BCUT2D eigenvalue weighted by Crippen LogP contribution is 2.28. The molecule has 1 aromatic rings. The zero-order chi connectivity index (χ0) is 10.6. The molecule has 0 amide bonds. The molecule has 0 aromatic carbocycles. The molecule has 2 heteroatoms. The molecule has 0 aliphatic rings.